The summed E-state index contributed by atoms with van der Waals surface area (Å²) >= 11 is 6.42. The zero-order chi connectivity index (χ0) is 24.3. The molecule has 1 saturated carbocycles. The first kappa shape index (κ1) is 21.7. The summed E-state index contributed by atoms with van der Waals surface area (Å²) < 4.78 is 40.1. The van der Waals surface area contributed by atoms with Gasteiger partial charge in [0, 0.05) is 36.7 Å². The number of hydrogen-bond donors (Lipinski definition) is 3. The molecule has 1 saturated heterocycles. The molecule has 14 heteroatoms. The van der Waals surface area contributed by atoms with Crippen molar-refractivity contribution in [1.29, 1.82) is 0 Å². The predicted molar refractivity (Wildman–Crippen MR) is 118 cm³/mol. The zero-order valence-electron chi connectivity index (χ0n) is 17.7. The number of alkyl halides is 1. The highest BCUT2D eigenvalue weighted by Gasteiger charge is 2.42. The fraction of sp³-hybridized carbons (Fsp3) is 0.286. The molecule has 0 radical (unpaired) electrons. The van der Waals surface area contributed by atoms with E-state index in [2.05, 4.69) is 30.8 Å². The molecule has 35 heavy (non-hydrogen) atoms. The molecule has 2 aliphatic rings. The van der Waals surface area contributed by atoms with Crippen molar-refractivity contribution in [2.45, 2.75) is 24.8 Å². The fourth-order valence-corrected chi connectivity index (χ4v) is 3.96. The van der Waals surface area contributed by atoms with Crippen LogP contribution in [0.15, 0.2) is 24.8 Å². The lowest BCUT2D eigenvalue weighted by molar-refractivity contribution is -0.153. The summed E-state index contributed by atoms with van der Waals surface area (Å²) in [6.07, 6.45) is 3.66. The highest BCUT2D eigenvalue weighted by atomic mass is 35.5. The molecule has 2 fully saturated rings. The summed E-state index contributed by atoms with van der Waals surface area (Å²) in [5.74, 6) is -2.99. The number of imidazole rings is 1. The number of halogens is 3. The van der Waals surface area contributed by atoms with E-state index in [1.807, 2.05) is 0 Å². The van der Waals surface area contributed by atoms with E-state index in [0.717, 1.165) is 0 Å². The number of nitrogens with zero attached hydrogens (tertiary/aromatic N) is 4. The molecule has 0 spiro atoms. The van der Waals surface area contributed by atoms with E-state index in [4.69, 9.17) is 21.1 Å². The van der Waals surface area contributed by atoms with Crippen LogP contribution in [0.5, 0.6) is 5.75 Å². The Morgan fingerprint density at radius 1 is 1.26 bits per heavy atom. The van der Waals surface area contributed by atoms with Crippen LogP contribution in [-0.2, 0) is 14.3 Å². The molecule has 4 heterocycles. The summed E-state index contributed by atoms with van der Waals surface area (Å²) in [5.41, 5.74) is 1.28. The number of carbonyl (C=O) groups is 2. The molecule has 1 aromatic carbocycles. The minimum Gasteiger partial charge on any atom is -0.482 e. The number of H-pyrrole nitrogens is 1. The maximum Gasteiger partial charge on any atom is 0.397 e. The monoisotopic (exact) mass is 503 g/mol. The summed E-state index contributed by atoms with van der Waals surface area (Å²) in [6.45, 7) is 1.20. The van der Waals surface area contributed by atoms with Gasteiger partial charge in [0.2, 0.25) is 0 Å². The first-order chi connectivity index (χ1) is 16.9. The molecule has 1 aliphatic carbocycles. The number of hydrogen-bond acceptors (Lipinski definition) is 8. The Bertz CT molecular complexity index is 1500. The van der Waals surface area contributed by atoms with Crippen molar-refractivity contribution in [2.75, 3.05) is 18.4 Å². The van der Waals surface area contributed by atoms with E-state index in [0.29, 0.717) is 40.9 Å². The predicted octanol–water partition coefficient (Wildman–Crippen LogP) is 2.01. The number of aromatic amines is 1. The number of fused-ring (bicyclic) bond motifs is 2. The van der Waals surface area contributed by atoms with Gasteiger partial charge in [-0.15, -0.1) is 0 Å². The van der Waals surface area contributed by atoms with Gasteiger partial charge in [0.15, 0.2) is 23.0 Å². The maximum atomic E-state index is 15.2. The van der Waals surface area contributed by atoms with Gasteiger partial charge in [0.25, 0.3) is 0 Å². The number of amides is 1. The van der Waals surface area contributed by atoms with Crippen molar-refractivity contribution >= 4 is 45.8 Å². The molecule has 1 aliphatic heterocycles. The Hall–Kier alpha value is -3.84. The van der Waals surface area contributed by atoms with E-state index < -0.39 is 30.0 Å². The normalized spacial score (nSPS) is 19.5. The Labute approximate surface area is 199 Å². The second kappa shape index (κ2) is 8.13. The van der Waals surface area contributed by atoms with E-state index >= 15 is 4.39 Å². The molecular weight excluding hydrogens is 488 g/mol. The first-order valence-electron chi connectivity index (χ1n) is 10.6. The van der Waals surface area contributed by atoms with Gasteiger partial charge in [-0.05, 0) is 0 Å². The molecule has 0 bridgehead atoms. The average Bonchev–Trinajstić information content (AvgIpc) is 3.16. The number of carbonyl (C=O) groups excluding carboxylic acids is 2. The largest absolute Gasteiger partial charge is 0.482 e. The molecule has 3 N–H and O–H groups in total. The lowest BCUT2D eigenvalue weighted by Crippen LogP contribution is -2.50. The van der Waals surface area contributed by atoms with Crippen molar-refractivity contribution in [2.24, 2.45) is 0 Å². The van der Waals surface area contributed by atoms with Crippen LogP contribution in [0.2, 0.25) is 5.02 Å². The Kier molecular flexibility index (Phi) is 5.04. The van der Waals surface area contributed by atoms with E-state index in [-0.39, 0.29) is 29.1 Å². The number of rotatable bonds is 5. The highest BCUT2D eigenvalue weighted by molar-refractivity contribution is 6.37. The zero-order valence-corrected chi connectivity index (χ0v) is 18.5. The molecule has 180 valence electrons. The van der Waals surface area contributed by atoms with Gasteiger partial charge in [-0.2, -0.15) is 5.10 Å². The minimum absolute atomic E-state index is 0.0105. The average molecular weight is 504 g/mol. The summed E-state index contributed by atoms with van der Waals surface area (Å²) in [4.78, 5) is 32.3. The van der Waals surface area contributed by atoms with Crippen LogP contribution in [0.1, 0.15) is 6.42 Å². The first-order valence-corrected chi connectivity index (χ1v) is 11.0. The van der Waals surface area contributed by atoms with Crippen molar-refractivity contribution in [1.82, 2.24) is 29.9 Å². The molecule has 3 aromatic heterocycles. The van der Waals surface area contributed by atoms with Crippen LogP contribution in [-0.4, -0.2) is 67.9 Å². The fourth-order valence-electron chi connectivity index (χ4n) is 3.67. The van der Waals surface area contributed by atoms with E-state index in [1.165, 1.54) is 29.2 Å². The van der Waals surface area contributed by atoms with Crippen LogP contribution < -0.4 is 15.4 Å². The van der Waals surface area contributed by atoms with Crippen LogP contribution in [0, 0.1) is 5.82 Å². The lowest BCUT2D eigenvalue weighted by Gasteiger charge is -2.28. The third-order valence-electron chi connectivity index (χ3n) is 5.72. The molecule has 2 unspecified atom stereocenters. The van der Waals surface area contributed by atoms with Crippen LogP contribution in [0.3, 0.4) is 0 Å². The van der Waals surface area contributed by atoms with Gasteiger partial charge in [-0.25, -0.2) is 18.6 Å². The van der Waals surface area contributed by atoms with Gasteiger partial charge in [0.05, 0.1) is 29.3 Å². The third kappa shape index (κ3) is 3.82. The second-order valence-corrected chi connectivity index (χ2v) is 8.58. The molecule has 11 nitrogen and oxygen atoms in total. The number of nitrogens with one attached hydrogen (secondary N) is 3. The molecule has 1 amide bonds. The summed E-state index contributed by atoms with van der Waals surface area (Å²) in [7, 11) is 0. The second-order valence-electron chi connectivity index (χ2n) is 8.20. The van der Waals surface area contributed by atoms with Gasteiger partial charge in [-0.3, -0.25) is 20.2 Å². The topological polar surface area (TPSA) is 136 Å². The van der Waals surface area contributed by atoms with Gasteiger partial charge in [-0.1, -0.05) is 11.6 Å². The van der Waals surface area contributed by atoms with Crippen molar-refractivity contribution < 1.29 is 27.8 Å². The number of ether oxygens (including phenoxy) is 2. The van der Waals surface area contributed by atoms with E-state index in [9.17, 15) is 14.0 Å². The maximum absolute atomic E-state index is 15.2. The van der Waals surface area contributed by atoms with Gasteiger partial charge in [0.1, 0.15) is 23.9 Å². The number of anilines is 1. The standard InChI is InChI=1S/C21H16ClF2N7O4/c22-16-15(9-4-27-30-18(9)19(17(16)24)34-8-2-25-3-8)11-6-31-7-13(28-14(31)5-26-11)29-20(32)21(33)35-12-1-10(12)23/h4-8,10,12,25H,1-3H2,(H,27,30)(H,29,32). The van der Waals surface area contributed by atoms with Crippen molar-refractivity contribution in [3.8, 4) is 17.0 Å². The number of aromatic nitrogens is 5. The molecule has 4 aromatic rings. The number of benzene rings is 1. The SMILES string of the molecule is O=C(Nc1cn2cc(-c3c(Cl)c(F)c(OC4CNC4)c4[nH]ncc34)ncc2n1)C(=O)OC1CC1F. The van der Waals surface area contributed by atoms with Crippen LogP contribution >= 0.6 is 11.6 Å². The Morgan fingerprint density at radius 3 is 2.77 bits per heavy atom. The van der Waals surface area contributed by atoms with Crippen LogP contribution in [0.25, 0.3) is 27.8 Å². The molecule has 2 atom stereocenters. The summed E-state index contributed by atoms with van der Waals surface area (Å²) in [6, 6.07) is 0. The van der Waals surface area contributed by atoms with E-state index in [1.54, 1.807) is 0 Å². The Balaban J connectivity index is 1.31. The molecule has 6 rings (SSSR count). The third-order valence-corrected chi connectivity index (χ3v) is 6.07. The number of esters is 1. The molecular formula is C21H16ClF2N7O4. The summed E-state index contributed by atoms with van der Waals surface area (Å²) in [5, 5.41) is 12.5. The van der Waals surface area contributed by atoms with Crippen LogP contribution in [0.4, 0.5) is 14.6 Å². The van der Waals surface area contributed by atoms with Gasteiger partial charge < -0.3 is 19.2 Å². The van der Waals surface area contributed by atoms with Crippen molar-refractivity contribution in [3.63, 3.8) is 0 Å². The Morgan fingerprint density at radius 2 is 2.06 bits per heavy atom. The highest BCUT2D eigenvalue weighted by Crippen LogP contribution is 2.42. The minimum atomic E-state index is -1.24. The van der Waals surface area contributed by atoms with Gasteiger partial charge >= 0.3 is 11.9 Å². The smallest absolute Gasteiger partial charge is 0.397 e. The lowest BCUT2D eigenvalue weighted by atomic mass is 10.1. The van der Waals surface area contributed by atoms with Crippen molar-refractivity contribution in [3.05, 3.63) is 35.6 Å². The quantitative estimate of drug-likeness (QED) is 0.278.